The van der Waals surface area contributed by atoms with Crippen LogP contribution < -0.4 is 10.6 Å². The highest BCUT2D eigenvalue weighted by Crippen LogP contribution is 2.25. The van der Waals surface area contributed by atoms with Crippen molar-refractivity contribution in [2.45, 2.75) is 0 Å². The molecule has 0 unspecified atom stereocenters. The number of para-hydroxylation sites is 2. The molecule has 0 aliphatic carbocycles. The molecular weight excluding hydrogens is 112 g/mol. The number of anilines is 2. The normalized spacial score (nSPS) is 13.8. The minimum Gasteiger partial charge on any atom is -0.360 e. The Morgan fingerprint density at radius 2 is 1.44 bits per heavy atom. The maximum atomic E-state index is 3.06. The Morgan fingerprint density at radius 1 is 0.889 bits per heavy atom. The molecule has 0 bridgehead atoms. The quantitative estimate of drug-likeness (QED) is 0.542. The molecule has 1 radical (unpaired) electrons. The lowest BCUT2D eigenvalue weighted by molar-refractivity contribution is 1.51. The molecule has 0 saturated carbocycles. The van der Waals surface area contributed by atoms with Gasteiger partial charge in [-0.15, -0.1) is 0 Å². The van der Waals surface area contributed by atoms with Crippen LogP contribution in [0.3, 0.4) is 0 Å². The van der Waals surface area contributed by atoms with Crippen molar-refractivity contribution in [3.05, 3.63) is 30.9 Å². The summed E-state index contributed by atoms with van der Waals surface area (Å²) in [5.41, 5.74) is 2.30. The molecule has 0 atom stereocenters. The molecule has 0 aromatic heterocycles. The summed E-state index contributed by atoms with van der Waals surface area (Å²) in [7, 11) is 0. The van der Waals surface area contributed by atoms with E-state index in [4.69, 9.17) is 0 Å². The van der Waals surface area contributed by atoms with E-state index in [9.17, 15) is 0 Å². The topological polar surface area (TPSA) is 24.1 Å². The van der Waals surface area contributed by atoms with Gasteiger partial charge in [-0.2, -0.15) is 0 Å². The van der Waals surface area contributed by atoms with Gasteiger partial charge in [0, 0.05) is 0 Å². The fraction of sp³-hybridized carbons (Fsp3) is 0. The maximum absolute atomic E-state index is 3.06. The fourth-order valence-electron chi connectivity index (χ4n) is 0.926. The van der Waals surface area contributed by atoms with E-state index in [1.165, 1.54) is 0 Å². The van der Waals surface area contributed by atoms with Gasteiger partial charge in [-0.25, -0.2) is 0 Å². The van der Waals surface area contributed by atoms with Crippen molar-refractivity contribution in [3.8, 4) is 0 Å². The van der Waals surface area contributed by atoms with Crippen molar-refractivity contribution in [1.82, 2.24) is 0 Å². The third-order valence-corrected chi connectivity index (χ3v) is 1.38. The lowest BCUT2D eigenvalue weighted by Crippen LogP contribution is -1.89. The van der Waals surface area contributed by atoms with Gasteiger partial charge < -0.3 is 10.6 Å². The smallest absolute Gasteiger partial charge is 0.136 e. The zero-order chi connectivity index (χ0) is 6.10. The van der Waals surface area contributed by atoms with Crippen LogP contribution >= 0.6 is 0 Å². The van der Waals surface area contributed by atoms with Gasteiger partial charge in [-0.05, 0) is 12.1 Å². The Balaban J connectivity index is 2.54. The minimum absolute atomic E-state index is 1.15. The monoisotopic (exact) mass is 119 g/mol. The van der Waals surface area contributed by atoms with Gasteiger partial charge in [-0.1, -0.05) is 12.1 Å². The maximum Gasteiger partial charge on any atom is 0.136 e. The molecule has 0 saturated heterocycles. The molecule has 1 aliphatic rings. The number of rotatable bonds is 0. The number of hydrogen-bond acceptors (Lipinski definition) is 2. The molecule has 1 aliphatic heterocycles. The predicted molar refractivity (Wildman–Crippen MR) is 38.0 cm³/mol. The van der Waals surface area contributed by atoms with E-state index in [-0.39, 0.29) is 0 Å². The molecule has 1 heterocycles. The van der Waals surface area contributed by atoms with Crippen LogP contribution in [0.1, 0.15) is 0 Å². The number of fused-ring (bicyclic) bond motifs is 1. The van der Waals surface area contributed by atoms with E-state index in [0.717, 1.165) is 11.4 Å². The molecule has 2 nitrogen and oxygen atoms in total. The molecule has 1 aromatic carbocycles. The second-order valence-electron chi connectivity index (χ2n) is 1.98. The zero-order valence-electron chi connectivity index (χ0n) is 4.89. The molecule has 2 rings (SSSR count). The van der Waals surface area contributed by atoms with Crippen LogP contribution in [0, 0.1) is 6.67 Å². The van der Waals surface area contributed by atoms with Crippen molar-refractivity contribution in [1.29, 1.82) is 0 Å². The van der Waals surface area contributed by atoms with Crippen molar-refractivity contribution in [2.75, 3.05) is 10.6 Å². The van der Waals surface area contributed by atoms with Gasteiger partial charge in [0.1, 0.15) is 6.67 Å². The predicted octanol–water partition coefficient (Wildman–Crippen LogP) is 1.64. The Hall–Kier alpha value is -1.18. The van der Waals surface area contributed by atoms with E-state index in [1.54, 1.807) is 0 Å². The Labute approximate surface area is 53.9 Å². The number of benzene rings is 1. The highest BCUT2D eigenvalue weighted by molar-refractivity contribution is 5.74. The van der Waals surface area contributed by atoms with Crippen LogP contribution in [0.15, 0.2) is 24.3 Å². The molecule has 0 spiro atoms. The van der Waals surface area contributed by atoms with Crippen LogP contribution in [0.25, 0.3) is 0 Å². The molecule has 0 amide bonds. The fourth-order valence-corrected chi connectivity index (χ4v) is 0.926. The summed E-state index contributed by atoms with van der Waals surface area (Å²) in [5.74, 6) is 0. The summed E-state index contributed by atoms with van der Waals surface area (Å²) in [6, 6.07) is 8.08. The lowest BCUT2D eigenvalue weighted by Gasteiger charge is -1.93. The van der Waals surface area contributed by atoms with E-state index in [0.29, 0.717) is 0 Å². The molecule has 2 heteroatoms. The van der Waals surface area contributed by atoms with Crippen LogP contribution in [0.2, 0.25) is 0 Å². The van der Waals surface area contributed by atoms with Gasteiger partial charge in [0.25, 0.3) is 0 Å². The second-order valence-corrected chi connectivity index (χ2v) is 1.98. The third-order valence-electron chi connectivity index (χ3n) is 1.38. The van der Waals surface area contributed by atoms with Crippen LogP contribution in [-0.2, 0) is 0 Å². The van der Waals surface area contributed by atoms with E-state index in [1.807, 2.05) is 30.9 Å². The molecule has 1 aromatic rings. The average Bonchev–Trinajstić information content (AvgIpc) is 2.33. The summed E-state index contributed by atoms with van der Waals surface area (Å²) >= 11 is 0. The molecular formula is C7H7N2. The second kappa shape index (κ2) is 1.65. The molecule has 2 N–H and O–H groups in total. The van der Waals surface area contributed by atoms with Crippen molar-refractivity contribution >= 4 is 11.4 Å². The van der Waals surface area contributed by atoms with Crippen molar-refractivity contribution in [2.24, 2.45) is 0 Å². The van der Waals surface area contributed by atoms with E-state index in [2.05, 4.69) is 10.6 Å². The average molecular weight is 119 g/mol. The first-order chi connectivity index (χ1) is 4.47. The van der Waals surface area contributed by atoms with Crippen LogP contribution in [0.5, 0.6) is 0 Å². The van der Waals surface area contributed by atoms with Crippen molar-refractivity contribution < 1.29 is 0 Å². The van der Waals surface area contributed by atoms with E-state index >= 15 is 0 Å². The number of nitrogens with one attached hydrogen (secondary N) is 2. The zero-order valence-corrected chi connectivity index (χ0v) is 4.89. The minimum atomic E-state index is 1.15. The van der Waals surface area contributed by atoms with Crippen molar-refractivity contribution in [3.63, 3.8) is 0 Å². The lowest BCUT2D eigenvalue weighted by atomic mass is 10.3. The first-order valence-electron chi connectivity index (χ1n) is 2.90. The Morgan fingerprint density at radius 3 is 2.00 bits per heavy atom. The Kier molecular flexibility index (Phi) is 0.859. The van der Waals surface area contributed by atoms with Gasteiger partial charge in [0.2, 0.25) is 0 Å². The summed E-state index contributed by atoms with van der Waals surface area (Å²) in [5, 5.41) is 6.13. The highest BCUT2D eigenvalue weighted by atomic mass is 15.1. The largest absolute Gasteiger partial charge is 0.360 e. The van der Waals surface area contributed by atoms with E-state index < -0.39 is 0 Å². The standard InChI is InChI=1S/C7H7N2/c1-2-4-7-6(3-1)8-5-9-7/h1-5,8-9H. The summed E-state index contributed by atoms with van der Waals surface area (Å²) in [4.78, 5) is 0. The number of hydrogen-bond donors (Lipinski definition) is 2. The highest BCUT2D eigenvalue weighted by Gasteiger charge is 2.05. The van der Waals surface area contributed by atoms with Gasteiger partial charge in [-0.3, -0.25) is 0 Å². The van der Waals surface area contributed by atoms with Crippen LogP contribution in [-0.4, -0.2) is 0 Å². The summed E-state index contributed by atoms with van der Waals surface area (Å²) in [6.07, 6.45) is 0. The van der Waals surface area contributed by atoms with Gasteiger partial charge in [0.15, 0.2) is 0 Å². The molecule has 45 valence electrons. The van der Waals surface area contributed by atoms with Gasteiger partial charge >= 0.3 is 0 Å². The van der Waals surface area contributed by atoms with Gasteiger partial charge in [0.05, 0.1) is 11.4 Å². The Bertz CT molecular complexity index is 197. The first kappa shape index (κ1) is 4.68. The van der Waals surface area contributed by atoms with Crippen LogP contribution in [0.4, 0.5) is 11.4 Å². The third kappa shape index (κ3) is 0.633. The summed E-state index contributed by atoms with van der Waals surface area (Å²) in [6.45, 7) is 1.82. The summed E-state index contributed by atoms with van der Waals surface area (Å²) < 4.78 is 0. The SMILES string of the molecule is [CH]1Nc2ccccc2N1. The first-order valence-corrected chi connectivity index (χ1v) is 2.90. The molecule has 0 fully saturated rings. The molecule has 9 heavy (non-hydrogen) atoms.